The maximum absolute atomic E-state index is 13.0. The molecular formula is C21H18ClFN2O3. The molecule has 3 aromatic rings. The van der Waals surface area contributed by atoms with Gasteiger partial charge in [-0.05, 0) is 67.6 Å². The Morgan fingerprint density at radius 3 is 2.29 bits per heavy atom. The first-order valence-corrected chi connectivity index (χ1v) is 8.88. The van der Waals surface area contributed by atoms with E-state index in [1.54, 1.807) is 43.3 Å². The van der Waals surface area contributed by atoms with Crippen LogP contribution in [0.5, 0.6) is 11.5 Å². The molecule has 0 fully saturated rings. The summed E-state index contributed by atoms with van der Waals surface area (Å²) in [5.74, 6) is 0.895. The Balaban J connectivity index is 1.77. The third-order valence-corrected chi connectivity index (χ3v) is 4.13. The highest BCUT2D eigenvalue weighted by Gasteiger charge is 2.14. The largest absolute Gasteiger partial charge is 0.467 e. The normalized spacial score (nSPS) is 11.6. The van der Waals surface area contributed by atoms with Crippen molar-refractivity contribution in [3.05, 3.63) is 71.5 Å². The van der Waals surface area contributed by atoms with Gasteiger partial charge in [-0.3, -0.25) is 0 Å². The van der Waals surface area contributed by atoms with E-state index >= 15 is 0 Å². The number of rotatable bonds is 6. The minimum Gasteiger partial charge on any atom is -0.467 e. The first-order chi connectivity index (χ1) is 13.4. The second-order valence-electron chi connectivity index (χ2n) is 6.03. The summed E-state index contributed by atoms with van der Waals surface area (Å²) in [4.78, 5) is 16.1. The average molecular weight is 401 g/mol. The highest BCUT2D eigenvalue weighted by molar-refractivity contribution is 6.31. The predicted octanol–water partition coefficient (Wildman–Crippen LogP) is 5.31. The predicted molar refractivity (Wildman–Crippen MR) is 106 cm³/mol. The number of carbonyl (C=O) groups excluding carboxylic acids is 1. The van der Waals surface area contributed by atoms with E-state index in [1.165, 1.54) is 19.2 Å². The minimum atomic E-state index is -0.560. The van der Waals surface area contributed by atoms with E-state index in [9.17, 15) is 9.18 Å². The summed E-state index contributed by atoms with van der Waals surface area (Å²) in [5, 5.41) is 3.45. The quantitative estimate of drug-likeness (QED) is 0.568. The molecule has 0 aliphatic rings. The summed E-state index contributed by atoms with van der Waals surface area (Å²) in [6.45, 7) is 1.68. The van der Waals surface area contributed by atoms with Gasteiger partial charge in [0.15, 0.2) is 0 Å². The minimum absolute atomic E-state index is 0.319. The zero-order chi connectivity index (χ0) is 20.1. The Bertz CT molecular complexity index is 962. The Hall–Kier alpha value is -3.12. The third-order valence-electron chi connectivity index (χ3n) is 3.91. The van der Waals surface area contributed by atoms with Crippen molar-refractivity contribution in [3.8, 4) is 22.8 Å². The number of hydrogen-bond acceptors (Lipinski definition) is 5. The maximum atomic E-state index is 13.0. The monoisotopic (exact) mass is 400 g/mol. The summed E-state index contributed by atoms with van der Waals surface area (Å²) in [6.07, 6.45) is 0. The fourth-order valence-corrected chi connectivity index (χ4v) is 2.72. The van der Waals surface area contributed by atoms with Crippen molar-refractivity contribution in [1.82, 2.24) is 4.98 Å². The van der Waals surface area contributed by atoms with Gasteiger partial charge < -0.3 is 14.8 Å². The first kappa shape index (κ1) is 19.6. The molecule has 0 amide bonds. The van der Waals surface area contributed by atoms with E-state index in [-0.39, 0.29) is 5.82 Å². The lowest BCUT2D eigenvalue weighted by Crippen LogP contribution is -2.27. The number of ether oxygens (including phenoxy) is 2. The van der Waals surface area contributed by atoms with Crippen molar-refractivity contribution >= 4 is 23.4 Å². The molecule has 1 atom stereocenters. The lowest BCUT2D eigenvalue weighted by atomic mass is 10.1. The van der Waals surface area contributed by atoms with Crippen LogP contribution in [0.15, 0.2) is 60.7 Å². The number of methoxy groups -OCH3 is 1. The summed E-state index contributed by atoms with van der Waals surface area (Å²) in [6, 6.07) is 15.8. The third kappa shape index (κ3) is 4.98. The molecule has 1 N–H and O–H groups in total. The van der Waals surface area contributed by atoms with Crippen molar-refractivity contribution in [2.75, 3.05) is 12.4 Å². The van der Waals surface area contributed by atoms with Crippen LogP contribution in [-0.2, 0) is 9.53 Å². The number of benzene rings is 2. The molecule has 7 heteroatoms. The molecule has 0 radical (unpaired) electrons. The van der Waals surface area contributed by atoms with E-state index in [1.807, 2.05) is 12.1 Å². The molecule has 0 aliphatic heterocycles. The van der Waals surface area contributed by atoms with E-state index in [4.69, 9.17) is 21.1 Å². The molecule has 0 saturated carbocycles. The number of pyridine rings is 1. The van der Waals surface area contributed by atoms with E-state index in [2.05, 4.69) is 10.3 Å². The van der Waals surface area contributed by atoms with Crippen LogP contribution < -0.4 is 10.1 Å². The van der Waals surface area contributed by atoms with Crippen LogP contribution in [-0.4, -0.2) is 24.1 Å². The van der Waals surface area contributed by atoms with Gasteiger partial charge in [0.05, 0.1) is 12.8 Å². The molecule has 0 spiro atoms. The number of esters is 1. The van der Waals surface area contributed by atoms with Crippen molar-refractivity contribution in [2.24, 2.45) is 0 Å². The molecule has 28 heavy (non-hydrogen) atoms. The van der Waals surface area contributed by atoms with Gasteiger partial charge >= 0.3 is 5.97 Å². The fourth-order valence-electron chi connectivity index (χ4n) is 2.51. The number of carbonyl (C=O) groups is 1. The smallest absolute Gasteiger partial charge is 0.328 e. The summed E-state index contributed by atoms with van der Waals surface area (Å²) < 4.78 is 23.4. The van der Waals surface area contributed by atoms with Gasteiger partial charge in [-0.25, -0.2) is 14.2 Å². The lowest BCUT2D eigenvalue weighted by molar-refractivity contribution is -0.141. The molecule has 0 bridgehead atoms. The molecule has 1 heterocycles. The van der Waals surface area contributed by atoms with Crippen LogP contribution in [0.1, 0.15) is 6.92 Å². The van der Waals surface area contributed by atoms with Crippen molar-refractivity contribution < 1.29 is 18.7 Å². The van der Waals surface area contributed by atoms with Crippen molar-refractivity contribution in [2.45, 2.75) is 13.0 Å². The fraction of sp³-hybridized carbons (Fsp3) is 0.143. The Morgan fingerprint density at radius 1 is 1.07 bits per heavy atom. The molecule has 0 unspecified atom stereocenters. The van der Waals surface area contributed by atoms with E-state index in [0.717, 1.165) is 5.56 Å². The van der Waals surface area contributed by atoms with Gasteiger partial charge in [-0.15, -0.1) is 0 Å². The van der Waals surface area contributed by atoms with Crippen LogP contribution in [0.25, 0.3) is 11.3 Å². The van der Waals surface area contributed by atoms with Crippen LogP contribution >= 0.6 is 11.6 Å². The summed E-state index contributed by atoms with van der Waals surface area (Å²) in [7, 11) is 1.33. The van der Waals surface area contributed by atoms with Crippen molar-refractivity contribution in [3.63, 3.8) is 0 Å². The highest BCUT2D eigenvalue weighted by atomic mass is 35.5. The molecular weight excluding hydrogens is 383 g/mol. The zero-order valence-corrected chi connectivity index (χ0v) is 16.0. The second kappa shape index (κ2) is 8.71. The highest BCUT2D eigenvalue weighted by Crippen LogP contribution is 2.28. The number of nitrogens with one attached hydrogen (secondary N) is 1. The Kier molecular flexibility index (Phi) is 6.11. The van der Waals surface area contributed by atoms with Gasteiger partial charge in [-0.1, -0.05) is 11.6 Å². The molecule has 144 valence electrons. The van der Waals surface area contributed by atoms with E-state index < -0.39 is 12.0 Å². The number of halogens is 2. The topological polar surface area (TPSA) is 60.5 Å². The van der Waals surface area contributed by atoms with Gasteiger partial charge in [0.2, 0.25) is 0 Å². The molecule has 5 nitrogen and oxygen atoms in total. The average Bonchev–Trinajstić information content (AvgIpc) is 2.69. The SMILES string of the molecule is COC(=O)[C@H](C)Nc1cc(Cl)cc(-c2ccc(Oc3ccc(F)cc3)cc2)n1. The maximum Gasteiger partial charge on any atom is 0.328 e. The van der Waals surface area contributed by atoms with Gasteiger partial charge in [-0.2, -0.15) is 0 Å². The molecule has 1 aromatic heterocycles. The van der Waals surface area contributed by atoms with Crippen molar-refractivity contribution in [1.29, 1.82) is 0 Å². The summed E-state index contributed by atoms with van der Waals surface area (Å²) in [5.41, 5.74) is 1.46. The Labute approximate surface area is 167 Å². The van der Waals surface area contributed by atoms with Gasteiger partial charge in [0.25, 0.3) is 0 Å². The number of nitrogens with zero attached hydrogens (tertiary/aromatic N) is 1. The summed E-state index contributed by atoms with van der Waals surface area (Å²) >= 11 is 6.20. The lowest BCUT2D eigenvalue weighted by Gasteiger charge is -2.13. The van der Waals surface area contributed by atoms with Crippen LogP contribution in [0, 0.1) is 5.82 Å². The molecule has 0 aliphatic carbocycles. The van der Waals surface area contributed by atoms with Crippen LogP contribution in [0.3, 0.4) is 0 Å². The molecule has 2 aromatic carbocycles. The Morgan fingerprint density at radius 2 is 1.68 bits per heavy atom. The van der Waals surface area contributed by atoms with Gasteiger partial charge in [0, 0.05) is 10.6 Å². The molecule has 0 saturated heterocycles. The second-order valence-corrected chi connectivity index (χ2v) is 6.46. The zero-order valence-electron chi connectivity index (χ0n) is 15.3. The number of anilines is 1. The molecule has 3 rings (SSSR count). The van der Waals surface area contributed by atoms with Crippen LogP contribution in [0.4, 0.5) is 10.2 Å². The number of hydrogen-bond donors (Lipinski definition) is 1. The van der Waals surface area contributed by atoms with E-state index in [0.29, 0.717) is 28.0 Å². The number of aromatic nitrogens is 1. The van der Waals surface area contributed by atoms with Crippen LogP contribution in [0.2, 0.25) is 5.02 Å². The standard InChI is InChI=1S/C21H18ClFN2O3/c1-13(21(26)27-2)24-20-12-15(22)11-19(25-20)14-3-7-17(8-4-14)28-18-9-5-16(23)6-10-18/h3-13H,1-2H3,(H,24,25)/t13-/m0/s1. The van der Waals surface area contributed by atoms with Gasteiger partial charge in [0.1, 0.15) is 29.2 Å². The first-order valence-electron chi connectivity index (χ1n) is 8.50.